The zero-order chi connectivity index (χ0) is 18.4. The van der Waals surface area contributed by atoms with E-state index in [4.69, 9.17) is 5.10 Å². The molecule has 4 heteroatoms. The number of para-hydroxylation sites is 1. The lowest BCUT2D eigenvalue weighted by Gasteiger charge is -2.24. The van der Waals surface area contributed by atoms with Crippen LogP contribution in [0.2, 0.25) is 0 Å². The highest BCUT2D eigenvalue weighted by molar-refractivity contribution is 5.95. The van der Waals surface area contributed by atoms with Crippen LogP contribution in [0.15, 0.2) is 72.8 Å². The molecule has 4 nitrogen and oxygen atoms in total. The lowest BCUT2D eigenvalue weighted by molar-refractivity contribution is -0.116. The first-order valence-electron chi connectivity index (χ1n) is 9.14. The summed E-state index contributed by atoms with van der Waals surface area (Å²) in [5.74, 6) is 0.821. The van der Waals surface area contributed by atoms with E-state index >= 15 is 0 Å². The molecule has 1 atom stereocenters. The lowest BCUT2D eigenvalue weighted by atomic mass is 9.85. The third-order valence-corrected chi connectivity index (χ3v) is 5.28. The number of fused-ring (bicyclic) bond motifs is 2. The molecule has 0 radical (unpaired) electrons. The summed E-state index contributed by atoms with van der Waals surface area (Å²) >= 11 is 0. The fourth-order valence-electron chi connectivity index (χ4n) is 4.01. The molecule has 0 aliphatic carbocycles. The number of benzene rings is 3. The highest BCUT2D eigenvalue weighted by Gasteiger charge is 2.32. The van der Waals surface area contributed by atoms with Gasteiger partial charge in [0.15, 0.2) is 0 Å². The first kappa shape index (κ1) is 15.8. The van der Waals surface area contributed by atoms with Crippen LogP contribution < -0.4 is 5.32 Å². The monoisotopic (exact) mass is 353 g/mol. The van der Waals surface area contributed by atoms with E-state index in [-0.39, 0.29) is 11.8 Å². The molecule has 0 saturated heterocycles. The molecule has 27 heavy (non-hydrogen) atoms. The van der Waals surface area contributed by atoms with E-state index in [1.165, 1.54) is 10.8 Å². The van der Waals surface area contributed by atoms with Crippen molar-refractivity contribution < 1.29 is 4.79 Å². The van der Waals surface area contributed by atoms with Crippen LogP contribution in [0, 0.1) is 6.92 Å². The van der Waals surface area contributed by atoms with Crippen molar-refractivity contribution in [3.8, 4) is 5.69 Å². The maximum atomic E-state index is 12.5. The zero-order valence-corrected chi connectivity index (χ0v) is 15.0. The minimum absolute atomic E-state index is 0.0100. The van der Waals surface area contributed by atoms with Crippen LogP contribution in [0.3, 0.4) is 0 Å². The number of hydrogen-bond acceptors (Lipinski definition) is 2. The topological polar surface area (TPSA) is 46.9 Å². The van der Waals surface area contributed by atoms with Gasteiger partial charge in [0.25, 0.3) is 0 Å². The van der Waals surface area contributed by atoms with Crippen molar-refractivity contribution in [2.24, 2.45) is 0 Å². The summed E-state index contributed by atoms with van der Waals surface area (Å²) in [5.41, 5.74) is 4.16. The Bertz CT molecular complexity index is 1160. The van der Waals surface area contributed by atoms with Gasteiger partial charge < -0.3 is 5.32 Å². The molecule has 1 aliphatic heterocycles. The van der Waals surface area contributed by atoms with Crippen LogP contribution in [-0.2, 0) is 4.79 Å². The molecule has 0 bridgehead atoms. The number of aryl methyl sites for hydroxylation is 1. The van der Waals surface area contributed by atoms with Gasteiger partial charge in [-0.15, -0.1) is 0 Å². The number of aromatic nitrogens is 2. The van der Waals surface area contributed by atoms with E-state index in [0.717, 1.165) is 28.3 Å². The van der Waals surface area contributed by atoms with E-state index in [1.807, 2.05) is 54.1 Å². The first-order valence-corrected chi connectivity index (χ1v) is 9.14. The Morgan fingerprint density at radius 2 is 1.70 bits per heavy atom. The Kier molecular flexibility index (Phi) is 3.57. The van der Waals surface area contributed by atoms with Crippen molar-refractivity contribution >= 4 is 22.5 Å². The number of rotatable bonds is 2. The fraction of sp³-hybridized carbons (Fsp3) is 0.130. The molecule has 5 rings (SSSR count). The Hall–Kier alpha value is -3.40. The highest BCUT2D eigenvalue weighted by atomic mass is 16.1. The van der Waals surface area contributed by atoms with Crippen molar-refractivity contribution in [1.82, 2.24) is 9.78 Å². The number of nitrogens with one attached hydrogen (secondary N) is 1. The Labute approximate surface area is 157 Å². The molecule has 0 spiro atoms. The normalized spacial score (nSPS) is 16.2. The minimum atomic E-state index is 0.0100. The molecular weight excluding hydrogens is 334 g/mol. The van der Waals surface area contributed by atoms with Crippen LogP contribution in [0.5, 0.6) is 0 Å². The van der Waals surface area contributed by atoms with Gasteiger partial charge in [-0.1, -0.05) is 60.7 Å². The van der Waals surface area contributed by atoms with E-state index in [9.17, 15) is 4.79 Å². The molecule has 3 aromatic carbocycles. The van der Waals surface area contributed by atoms with E-state index in [0.29, 0.717) is 6.42 Å². The van der Waals surface area contributed by atoms with Crippen LogP contribution in [0.4, 0.5) is 5.82 Å². The second-order valence-corrected chi connectivity index (χ2v) is 7.01. The van der Waals surface area contributed by atoms with Crippen LogP contribution in [-0.4, -0.2) is 15.7 Å². The summed E-state index contributed by atoms with van der Waals surface area (Å²) in [6.45, 7) is 2.02. The van der Waals surface area contributed by atoms with Crippen molar-refractivity contribution in [2.75, 3.05) is 5.32 Å². The van der Waals surface area contributed by atoms with E-state index in [1.54, 1.807) is 0 Å². The highest BCUT2D eigenvalue weighted by Crippen LogP contribution is 2.40. The molecule has 1 unspecified atom stereocenters. The van der Waals surface area contributed by atoms with Crippen molar-refractivity contribution in [2.45, 2.75) is 19.3 Å². The van der Waals surface area contributed by atoms with Crippen molar-refractivity contribution in [3.63, 3.8) is 0 Å². The van der Waals surface area contributed by atoms with Gasteiger partial charge >= 0.3 is 0 Å². The minimum Gasteiger partial charge on any atom is -0.310 e. The SMILES string of the molecule is Cc1nn(-c2ccccc2)c2c1C(c1ccc3ccccc3c1)CC(=O)N2. The summed E-state index contributed by atoms with van der Waals surface area (Å²) in [6, 6.07) is 24.7. The predicted octanol–water partition coefficient (Wildman–Crippen LogP) is 4.81. The Morgan fingerprint density at radius 3 is 2.52 bits per heavy atom. The molecule has 132 valence electrons. The maximum Gasteiger partial charge on any atom is 0.226 e. The van der Waals surface area contributed by atoms with Gasteiger partial charge in [-0.25, -0.2) is 4.68 Å². The van der Waals surface area contributed by atoms with Gasteiger partial charge in [-0.05, 0) is 35.4 Å². The average molecular weight is 353 g/mol. The van der Waals surface area contributed by atoms with E-state index in [2.05, 4.69) is 35.6 Å². The van der Waals surface area contributed by atoms with Crippen molar-refractivity contribution in [1.29, 1.82) is 0 Å². The molecular formula is C23H19N3O. The van der Waals surface area contributed by atoms with E-state index < -0.39 is 0 Å². The van der Waals surface area contributed by atoms with Crippen molar-refractivity contribution in [3.05, 3.63) is 89.6 Å². The second kappa shape index (κ2) is 6.09. The number of nitrogens with zero attached hydrogens (tertiary/aromatic N) is 2. The number of carbonyl (C=O) groups excluding carboxylic acids is 1. The maximum absolute atomic E-state index is 12.5. The fourth-order valence-corrected chi connectivity index (χ4v) is 4.01. The largest absolute Gasteiger partial charge is 0.310 e. The molecule has 2 heterocycles. The number of amides is 1. The molecule has 1 N–H and O–H groups in total. The van der Waals surface area contributed by atoms with Gasteiger partial charge in [0.05, 0.1) is 11.4 Å². The average Bonchev–Trinajstić information content (AvgIpc) is 3.04. The van der Waals surface area contributed by atoms with Crippen LogP contribution in [0.25, 0.3) is 16.5 Å². The van der Waals surface area contributed by atoms with Gasteiger partial charge in [-0.2, -0.15) is 5.10 Å². The molecule has 0 saturated carbocycles. The summed E-state index contributed by atoms with van der Waals surface area (Å²) in [7, 11) is 0. The molecule has 1 aromatic heterocycles. The van der Waals surface area contributed by atoms with Gasteiger partial charge in [0.1, 0.15) is 5.82 Å². The smallest absolute Gasteiger partial charge is 0.226 e. The van der Waals surface area contributed by atoms with Gasteiger partial charge in [0, 0.05) is 17.9 Å². The Morgan fingerprint density at radius 1 is 0.963 bits per heavy atom. The quantitative estimate of drug-likeness (QED) is 0.562. The molecule has 0 fully saturated rings. The van der Waals surface area contributed by atoms with Crippen LogP contribution >= 0.6 is 0 Å². The molecule has 4 aromatic rings. The third kappa shape index (κ3) is 2.61. The molecule has 1 amide bonds. The lowest BCUT2D eigenvalue weighted by Crippen LogP contribution is -2.24. The standard InChI is InChI=1S/C23H19N3O/c1-15-22-20(18-12-11-16-7-5-6-8-17(16)13-18)14-21(27)24-23(22)26(25-15)19-9-3-2-4-10-19/h2-13,20H,14H2,1H3,(H,24,27). The Balaban J connectivity index is 1.68. The summed E-state index contributed by atoms with van der Waals surface area (Å²) in [6.07, 6.45) is 0.437. The number of anilines is 1. The number of hydrogen-bond donors (Lipinski definition) is 1. The van der Waals surface area contributed by atoms with Gasteiger partial charge in [0.2, 0.25) is 5.91 Å². The zero-order valence-electron chi connectivity index (χ0n) is 15.0. The second-order valence-electron chi connectivity index (χ2n) is 7.01. The number of carbonyl (C=O) groups is 1. The summed E-state index contributed by atoms with van der Waals surface area (Å²) in [4.78, 5) is 12.5. The summed E-state index contributed by atoms with van der Waals surface area (Å²) in [5, 5.41) is 10.2. The summed E-state index contributed by atoms with van der Waals surface area (Å²) < 4.78 is 1.84. The molecule has 1 aliphatic rings. The predicted molar refractivity (Wildman–Crippen MR) is 107 cm³/mol. The van der Waals surface area contributed by atoms with Gasteiger partial charge in [-0.3, -0.25) is 4.79 Å². The third-order valence-electron chi connectivity index (χ3n) is 5.28. The first-order chi connectivity index (χ1) is 13.2. The van der Waals surface area contributed by atoms with Crippen LogP contribution in [0.1, 0.15) is 29.2 Å².